The van der Waals surface area contributed by atoms with E-state index in [0.717, 1.165) is 32.4 Å². The zero-order valence-electron chi connectivity index (χ0n) is 11.9. The summed E-state index contributed by atoms with van der Waals surface area (Å²) >= 11 is 0. The summed E-state index contributed by atoms with van der Waals surface area (Å²) in [6, 6.07) is 0.584. The Kier molecular flexibility index (Phi) is 5.46. The van der Waals surface area contributed by atoms with Crippen LogP contribution in [0.1, 0.15) is 52.4 Å². The molecule has 0 radical (unpaired) electrons. The molecule has 2 N–H and O–H groups in total. The maximum atomic E-state index is 9.97. The number of nitrogens with one attached hydrogen (secondary N) is 1. The molecule has 1 aliphatic carbocycles. The van der Waals surface area contributed by atoms with Gasteiger partial charge in [-0.05, 0) is 37.5 Å². The molecule has 0 aromatic rings. The van der Waals surface area contributed by atoms with Crippen molar-refractivity contribution in [3.63, 3.8) is 0 Å². The van der Waals surface area contributed by atoms with Crippen LogP contribution in [0, 0.1) is 11.8 Å². The zero-order chi connectivity index (χ0) is 13.0. The van der Waals surface area contributed by atoms with Gasteiger partial charge >= 0.3 is 0 Å². The van der Waals surface area contributed by atoms with Crippen LogP contribution in [-0.2, 0) is 4.74 Å². The van der Waals surface area contributed by atoms with Crippen LogP contribution in [0.25, 0.3) is 0 Å². The minimum atomic E-state index is -0.0769. The molecule has 0 bridgehead atoms. The molecule has 18 heavy (non-hydrogen) atoms. The van der Waals surface area contributed by atoms with Gasteiger partial charge < -0.3 is 15.2 Å². The second kappa shape index (κ2) is 6.88. The van der Waals surface area contributed by atoms with E-state index in [1.165, 1.54) is 19.3 Å². The number of ether oxygens (including phenoxy) is 1. The van der Waals surface area contributed by atoms with Gasteiger partial charge in [0.25, 0.3) is 0 Å². The molecule has 2 rings (SSSR count). The van der Waals surface area contributed by atoms with Gasteiger partial charge in [-0.15, -0.1) is 0 Å². The predicted octanol–water partition coefficient (Wildman–Crippen LogP) is 2.33. The third kappa shape index (κ3) is 3.94. The lowest BCUT2D eigenvalue weighted by molar-refractivity contribution is -0.0263. The van der Waals surface area contributed by atoms with Gasteiger partial charge in [-0.1, -0.05) is 26.7 Å². The smallest absolute Gasteiger partial charge is 0.0612 e. The molecule has 1 heterocycles. The van der Waals surface area contributed by atoms with Gasteiger partial charge in [0.15, 0.2) is 0 Å². The number of hydrogen-bond acceptors (Lipinski definition) is 3. The Hall–Kier alpha value is -0.120. The molecule has 4 atom stereocenters. The summed E-state index contributed by atoms with van der Waals surface area (Å²) in [5.74, 6) is 1.08. The highest BCUT2D eigenvalue weighted by Gasteiger charge is 2.27. The van der Waals surface area contributed by atoms with E-state index in [9.17, 15) is 5.11 Å². The Morgan fingerprint density at radius 2 is 2.00 bits per heavy atom. The molecule has 3 heteroatoms. The molecule has 4 unspecified atom stereocenters. The summed E-state index contributed by atoms with van der Waals surface area (Å²) < 4.78 is 5.79. The second-order valence-electron chi connectivity index (χ2n) is 6.39. The lowest BCUT2D eigenvalue weighted by Gasteiger charge is -2.34. The van der Waals surface area contributed by atoms with Crippen LogP contribution in [0.4, 0.5) is 0 Å². The fourth-order valence-corrected chi connectivity index (χ4v) is 3.22. The molecule has 0 spiro atoms. The average molecular weight is 255 g/mol. The maximum Gasteiger partial charge on any atom is 0.0612 e. The van der Waals surface area contributed by atoms with Crippen LogP contribution in [0.3, 0.4) is 0 Å². The molecular formula is C15H29NO2. The first-order valence-corrected chi connectivity index (χ1v) is 7.70. The highest BCUT2D eigenvalue weighted by Crippen LogP contribution is 2.25. The van der Waals surface area contributed by atoms with Crippen molar-refractivity contribution in [1.29, 1.82) is 0 Å². The van der Waals surface area contributed by atoms with Gasteiger partial charge in [0, 0.05) is 19.2 Å². The highest BCUT2D eigenvalue weighted by molar-refractivity contribution is 4.82. The van der Waals surface area contributed by atoms with Gasteiger partial charge in [0.05, 0.1) is 12.2 Å². The standard InChI is InChI=1S/C15H29NO2/c1-11(2)15-9-13(7-8-18-15)16-10-12-5-3-4-6-14(12)17/h11-17H,3-10H2,1-2H3. The van der Waals surface area contributed by atoms with Crippen LogP contribution in [0.2, 0.25) is 0 Å². The van der Waals surface area contributed by atoms with Gasteiger partial charge in [0.2, 0.25) is 0 Å². The van der Waals surface area contributed by atoms with E-state index >= 15 is 0 Å². The summed E-state index contributed by atoms with van der Waals surface area (Å²) in [6.45, 7) is 6.33. The lowest BCUT2D eigenvalue weighted by atomic mass is 9.86. The molecule has 0 amide bonds. The molecule has 2 aliphatic rings. The van der Waals surface area contributed by atoms with Crippen LogP contribution in [-0.4, -0.2) is 36.5 Å². The summed E-state index contributed by atoms with van der Waals surface area (Å²) in [7, 11) is 0. The number of hydrogen-bond donors (Lipinski definition) is 2. The van der Waals surface area contributed by atoms with Crippen molar-refractivity contribution in [2.45, 2.75) is 70.6 Å². The minimum absolute atomic E-state index is 0.0769. The fourth-order valence-electron chi connectivity index (χ4n) is 3.22. The van der Waals surface area contributed by atoms with E-state index in [2.05, 4.69) is 19.2 Å². The zero-order valence-corrected chi connectivity index (χ0v) is 11.9. The van der Waals surface area contributed by atoms with Crippen LogP contribution >= 0.6 is 0 Å². The first-order valence-electron chi connectivity index (χ1n) is 7.70. The summed E-state index contributed by atoms with van der Waals surface area (Å²) in [5.41, 5.74) is 0. The molecule has 3 nitrogen and oxygen atoms in total. The van der Waals surface area contributed by atoms with E-state index in [1.54, 1.807) is 0 Å². The van der Waals surface area contributed by atoms with Crippen LogP contribution in [0.5, 0.6) is 0 Å². The Balaban J connectivity index is 1.72. The largest absolute Gasteiger partial charge is 0.393 e. The summed E-state index contributed by atoms with van der Waals surface area (Å²) in [4.78, 5) is 0. The number of aliphatic hydroxyl groups excluding tert-OH is 1. The summed E-state index contributed by atoms with van der Waals surface area (Å²) in [6.07, 6.45) is 7.24. The van der Waals surface area contributed by atoms with Crippen molar-refractivity contribution >= 4 is 0 Å². The third-order valence-electron chi connectivity index (χ3n) is 4.60. The van der Waals surface area contributed by atoms with E-state index in [0.29, 0.717) is 24.0 Å². The molecule has 1 aliphatic heterocycles. The maximum absolute atomic E-state index is 9.97. The van der Waals surface area contributed by atoms with Crippen molar-refractivity contribution < 1.29 is 9.84 Å². The van der Waals surface area contributed by atoms with E-state index in [1.807, 2.05) is 0 Å². The summed E-state index contributed by atoms with van der Waals surface area (Å²) in [5, 5.41) is 13.6. The van der Waals surface area contributed by atoms with Gasteiger partial charge in [-0.2, -0.15) is 0 Å². The number of rotatable bonds is 4. The Morgan fingerprint density at radius 1 is 1.22 bits per heavy atom. The van der Waals surface area contributed by atoms with Crippen molar-refractivity contribution in [2.75, 3.05) is 13.2 Å². The topological polar surface area (TPSA) is 41.5 Å². The fraction of sp³-hybridized carbons (Fsp3) is 1.00. The molecule has 106 valence electrons. The normalized spacial score (nSPS) is 38.0. The average Bonchev–Trinajstić information content (AvgIpc) is 2.38. The molecule has 0 aromatic heterocycles. The number of aliphatic hydroxyl groups is 1. The van der Waals surface area contributed by atoms with Crippen molar-refractivity contribution in [3.05, 3.63) is 0 Å². The Labute approximate surface area is 111 Å². The van der Waals surface area contributed by atoms with Crippen molar-refractivity contribution in [2.24, 2.45) is 11.8 Å². The predicted molar refractivity (Wildman–Crippen MR) is 73.6 cm³/mol. The first kappa shape index (κ1) is 14.3. The molecule has 1 saturated carbocycles. The quantitative estimate of drug-likeness (QED) is 0.810. The minimum Gasteiger partial charge on any atom is -0.393 e. The van der Waals surface area contributed by atoms with E-state index in [4.69, 9.17) is 4.74 Å². The van der Waals surface area contributed by atoms with E-state index < -0.39 is 0 Å². The Bertz CT molecular complexity index is 245. The molecular weight excluding hydrogens is 226 g/mol. The van der Waals surface area contributed by atoms with E-state index in [-0.39, 0.29) is 6.10 Å². The van der Waals surface area contributed by atoms with Crippen molar-refractivity contribution in [3.8, 4) is 0 Å². The molecule has 0 aromatic carbocycles. The van der Waals surface area contributed by atoms with Crippen molar-refractivity contribution in [1.82, 2.24) is 5.32 Å². The SMILES string of the molecule is CC(C)C1CC(NCC2CCCCC2O)CCO1. The second-order valence-corrected chi connectivity index (χ2v) is 6.39. The Morgan fingerprint density at radius 3 is 2.72 bits per heavy atom. The molecule has 1 saturated heterocycles. The first-order chi connectivity index (χ1) is 8.66. The highest BCUT2D eigenvalue weighted by atomic mass is 16.5. The van der Waals surface area contributed by atoms with Gasteiger partial charge in [-0.25, -0.2) is 0 Å². The molecule has 2 fully saturated rings. The monoisotopic (exact) mass is 255 g/mol. The third-order valence-corrected chi connectivity index (χ3v) is 4.60. The van der Waals surface area contributed by atoms with Crippen LogP contribution < -0.4 is 5.32 Å². The van der Waals surface area contributed by atoms with Gasteiger partial charge in [0.1, 0.15) is 0 Å². The lowest BCUT2D eigenvalue weighted by Crippen LogP contribution is -2.44. The van der Waals surface area contributed by atoms with Crippen LogP contribution in [0.15, 0.2) is 0 Å². The van der Waals surface area contributed by atoms with Gasteiger partial charge in [-0.3, -0.25) is 0 Å².